The van der Waals surface area contributed by atoms with Crippen LogP contribution in [0.3, 0.4) is 0 Å². The molecule has 0 aliphatic heterocycles. The first-order chi connectivity index (χ1) is 6.43. The van der Waals surface area contributed by atoms with Gasteiger partial charge < -0.3 is 10.2 Å². The van der Waals surface area contributed by atoms with Crippen molar-refractivity contribution in [1.82, 2.24) is 0 Å². The van der Waals surface area contributed by atoms with Crippen molar-refractivity contribution in [1.29, 1.82) is 0 Å². The fourth-order valence-corrected chi connectivity index (χ4v) is 2.52. The van der Waals surface area contributed by atoms with E-state index in [-0.39, 0.29) is 12.8 Å². The van der Waals surface area contributed by atoms with E-state index in [1.54, 1.807) is 0 Å². The van der Waals surface area contributed by atoms with E-state index >= 15 is 0 Å². The molecule has 1 aliphatic rings. The van der Waals surface area contributed by atoms with E-state index in [0.29, 0.717) is 5.92 Å². The normalized spacial score (nSPS) is 24.8. The summed E-state index contributed by atoms with van der Waals surface area (Å²) in [4.78, 5) is 21.3. The summed E-state index contributed by atoms with van der Waals surface area (Å²) in [5.74, 6) is -1.32. The lowest BCUT2D eigenvalue weighted by Gasteiger charge is -2.25. The zero-order valence-corrected chi connectivity index (χ0v) is 8.32. The highest BCUT2D eigenvalue weighted by molar-refractivity contribution is 5.72. The smallest absolute Gasteiger partial charge is 0.303 e. The summed E-state index contributed by atoms with van der Waals surface area (Å²) in [6.07, 6.45) is 2.38. The van der Waals surface area contributed by atoms with E-state index in [0.717, 1.165) is 19.3 Å². The third-order valence-corrected chi connectivity index (χ3v) is 3.00. The Morgan fingerprint density at radius 2 is 1.79 bits per heavy atom. The van der Waals surface area contributed by atoms with Gasteiger partial charge in [-0.25, -0.2) is 0 Å². The van der Waals surface area contributed by atoms with Gasteiger partial charge in [-0.05, 0) is 24.2 Å². The second-order valence-corrected chi connectivity index (χ2v) is 4.49. The van der Waals surface area contributed by atoms with Crippen molar-refractivity contribution in [3.05, 3.63) is 0 Å². The molecule has 1 saturated carbocycles. The minimum atomic E-state index is -0.889. The van der Waals surface area contributed by atoms with Crippen LogP contribution in [0.15, 0.2) is 0 Å². The number of carboxylic acid groups (broad SMARTS) is 2. The van der Waals surface area contributed by atoms with Crippen LogP contribution >= 0.6 is 0 Å². The molecule has 0 saturated heterocycles. The summed E-state index contributed by atoms with van der Waals surface area (Å²) in [5, 5.41) is 17.5. The summed E-state index contributed by atoms with van der Waals surface area (Å²) in [6.45, 7) is 2.05. The fourth-order valence-electron chi connectivity index (χ4n) is 2.52. The molecule has 0 aromatic heterocycles. The standard InChI is InChI=1S/C10H16O4/c1-7-2-3-10(4-7,5-8(11)12)6-9(13)14/h7H,2-6H2,1H3,(H,11,12)(H,13,14)/t7-/m0/s1. The molecule has 0 unspecified atom stereocenters. The molecular weight excluding hydrogens is 184 g/mol. The third kappa shape index (κ3) is 2.72. The molecule has 0 spiro atoms. The van der Waals surface area contributed by atoms with Crippen molar-refractivity contribution in [2.75, 3.05) is 0 Å². The lowest BCUT2D eigenvalue weighted by Crippen LogP contribution is -2.24. The maximum absolute atomic E-state index is 10.7. The van der Waals surface area contributed by atoms with Gasteiger partial charge in [-0.2, -0.15) is 0 Å². The quantitative estimate of drug-likeness (QED) is 0.724. The van der Waals surface area contributed by atoms with Gasteiger partial charge in [0.25, 0.3) is 0 Å². The fraction of sp³-hybridized carbons (Fsp3) is 0.800. The lowest BCUT2D eigenvalue weighted by atomic mass is 9.79. The molecule has 1 fully saturated rings. The Balaban J connectivity index is 2.69. The molecule has 0 bridgehead atoms. The lowest BCUT2D eigenvalue weighted by molar-refractivity contribution is -0.143. The minimum absolute atomic E-state index is 0.0103. The Bertz CT molecular complexity index is 231. The second-order valence-electron chi connectivity index (χ2n) is 4.49. The van der Waals surface area contributed by atoms with Gasteiger partial charge in [-0.15, -0.1) is 0 Å². The summed E-state index contributed by atoms with van der Waals surface area (Å²) in [5.41, 5.74) is -0.489. The third-order valence-electron chi connectivity index (χ3n) is 3.00. The van der Waals surface area contributed by atoms with E-state index in [9.17, 15) is 9.59 Å². The molecular formula is C10H16O4. The maximum atomic E-state index is 10.7. The predicted octanol–water partition coefficient (Wildman–Crippen LogP) is 1.74. The highest BCUT2D eigenvalue weighted by Crippen LogP contribution is 2.46. The van der Waals surface area contributed by atoms with Crippen LogP contribution in [0.25, 0.3) is 0 Å². The molecule has 0 amide bonds. The number of hydrogen-bond donors (Lipinski definition) is 2. The van der Waals surface area contributed by atoms with Crippen LogP contribution < -0.4 is 0 Å². The van der Waals surface area contributed by atoms with Gasteiger partial charge in [0.1, 0.15) is 0 Å². The van der Waals surface area contributed by atoms with E-state index in [1.807, 2.05) is 6.92 Å². The van der Waals surface area contributed by atoms with Gasteiger partial charge in [-0.1, -0.05) is 13.3 Å². The molecule has 14 heavy (non-hydrogen) atoms. The molecule has 4 heteroatoms. The summed E-state index contributed by atoms with van der Waals surface area (Å²) in [7, 11) is 0. The van der Waals surface area contributed by atoms with Crippen molar-refractivity contribution in [2.45, 2.75) is 39.0 Å². The molecule has 0 heterocycles. The van der Waals surface area contributed by atoms with E-state index in [2.05, 4.69) is 0 Å². The van der Waals surface area contributed by atoms with Gasteiger partial charge in [0.15, 0.2) is 0 Å². The Hall–Kier alpha value is -1.06. The van der Waals surface area contributed by atoms with Gasteiger partial charge in [0.05, 0.1) is 12.8 Å². The molecule has 4 nitrogen and oxygen atoms in total. The monoisotopic (exact) mass is 200 g/mol. The van der Waals surface area contributed by atoms with Crippen LogP contribution in [0.4, 0.5) is 0 Å². The minimum Gasteiger partial charge on any atom is -0.481 e. The summed E-state index contributed by atoms with van der Waals surface area (Å²) < 4.78 is 0. The molecule has 1 atom stereocenters. The van der Waals surface area contributed by atoms with Crippen LogP contribution in [-0.4, -0.2) is 22.2 Å². The number of hydrogen-bond acceptors (Lipinski definition) is 2. The van der Waals surface area contributed by atoms with E-state index < -0.39 is 17.4 Å². The molecule has 2 N–H and O–H groups in total. The number of aliphatic carboxylic acids is 2. The number of rotatable bonds is 4. The Morgan fingerprint density at radius 3 is 2.07 bits per heavy atom. The highest BCUT2D eigenvalue weighted by atomic mass is 16.4. The van der Waals surface area contributed by atoms with Gasteiger partial charge in [0.2, 0.25) is 0 Å². The maximum Gasteiger partial charge on any atom is 0.303 e. The largest absolute Gasteiger partial charge is 0.481 e. The Morgan fingerprint density at radius 1 is 1.29 bits per heavy atom. The molecule has 0 aromatic rings. The first-order valence-corrected chi connectivity index (χ1v) is 4.87. The van der Waals surface area contributed by atoms with Crippen LogP contribution in [0.2, 0.25) is 0 Å². The van der Waals surface area contributed by atoms with Crippen molar-refractivity contribution < 1.29 is 19.8 Å². The summed E-state index contributed by atoms with van der Waals surface area (Å²) in [6, 6.07) is 0. The van der Waals surface area contributed by atoms with Crippen molar-refractivity contribution in [2.24, 2.45) is 11.3 Å². The SMILES string of the molecule is C[C@H]1CCC(CC(=O)O)(CC(=O)O)C1. The number of carbonyl (C=O) groups is 2. The molecule has 1 rings (SSSR count). The van der Waals surface area contributed by atoms with Crippen LogP contribution in [0, 0.1) is 11.3 Å². The first kappa shape index (κ1) is 11.0. The van der Waals surface area contributed by atoms with Crippen LogP contribution in [0.5, 0.6) is 0 Å². The van der Waals surface area contributed by atoms with Crippen LogP contribution in [-0.2, 0) is 9.59 Å². The zero-order chi connectivity index (χ0) is 10.8. The van der Waals surface area contributed by atoms with Crippen molar-refractivity contribution in [3.8, 4) is 0 Å². The molecule has 0 aromatic carbocycles. The van der Waals surface area contributed by atoms with Gasteiger partial charge in [-0.3, -0.25) is 9.59 Å². The molecule has 0 radical (unpaired) electrons. The zero-order valence-electron chi connectivity index (χ0n) is 8.32. The average Bonchev–Trinajstić information content (AvgIpc) is 2.28. The van der Waals surface area contributed by atoms with Crippen molar-refractivity contribution >= 4 is 11.9 Å². The van der Waals surface area contributed by atoms with E-state index in [4.69, 9.17) is 10.2 Å². The van der Waals surface area contributed by atoms with Crippen LogP contribution in [0.1, 0.15) is 39.0 Å². The first-order valence-electron chi connectivity index (χ1n) is 4.87. The number of carboxylic acids is 2. The average molecular weight is 200 g/mol. The van der Waals surface area contributed by atoms with Gasteiger partial charge >= 0.3 is 11.9 Å². The van der Waals surface area contributed by atoms with Gasteiger partial charge in [0, 0.05) is 0 Å². The van der Waals surface area contributed by atoms with Crippen molar-refractivity contribution in [3.63, 3.8) is 0 Å². The summed E-state index contributed by atoms with van der Waals surface area (Å²) >= 11 is 0. The highest BCUT2D eigenvalue weighted by Gasteiger charge is 2.40. The Labute approximate surface area is 82.9 Å². The predicted molar refractivity (Wildman–Crippen MR) is 50.0 cm³/mol. The topological polar surface area (TPSA) is 74.6 Å². The second kappa shape index (κ2) is 3.98. The van der Waals surface area contributed by atoms with E-state index in [1.165, 1.54) is 0 Å². The Kier molecular flexibility index (Phi) is 3.13. The molecule has 80 valence electrons. The molecule has 1 aliphatic carbocycles.